The molecule has 0 aliphatic heterocycles. The summed E-state index contributed by atoms with van der Waals surface area (Å²) in [5.74, 6) is -1.65. The predicted octanol–water partition coefficient (Wildman–Crippen LogP) is 4.31. The van der Waals surface area contributed by atoms with Gasteiger partial charge in [-0.1, -0.05) is 62.4 Å². The standard InChI is InChI=1S/C27H32N2O5/c1-16(2)24(26(31)32)29-25(30)17-11-13-18(14-12-17)28-27(33)34-15-23-21-9-5-3-7-19(21)20-8-4-6-10-22(20)23/h3-10,16-18,23-24H,11-15H2,1-2H3,(H,28,33)(H,29,30)(H,31,32)/t17?,18?,24-/m1/s1. The van der Waals surface area contributed by atoms with Gasteiger partial charge in [0, 0.05) is 17.9 Å². The molecule has 2 aliphatic carbocycles. The quantitative estimate of drug-likeness (QED) is 0.566. The lowest BCUT2D eigenvalue weighted by atomic mass is 9.85. The molecule has 34 heavy (non-hydrogen) atoms. The van der Waals surface area contributed by atoms with Crippen molar-refractivity contribution in [2.24, 2.45) is 11.8 Å². The smallest absolute Gasteiger partial charge is 0.407 e. The zero-order chi connectivity index (χ0) is 24.2. The monoisotopic (exact) mass is 464 g/mol. The highest BCUT2D eigenvalue weighted by atomic mass is 16.5. The molecule has 4 rings (SSSR count). The molecule has 0 heterocycles. The highest BCUT2D eigenvalue weighted by molar-refractivity contribution is 5.85. The van der Waals surface area contributed by atoms with Crippen LogP contribution in [0.3, 0.4) is 0 Å². The van der Waals surface area contributed by atoms with E-state index in [-0.39, 0.29) is 36.3 Å². The molecule has 7 nitrogen and oxygen atoms in total. The Hall–Kier alpha value is -3.35. The third-order valence-corrected chi connectivity index (χ3v) is 6.99. The number of carboxylic acid groups (broad SMARTS) is 1. The van der Waals surface area contributed by atoms with Gasteiger partial charge in [-0.15, -0.1) is 0 Å². The van der Waals surface area contributed by atoms with Crippen molar-refractivity contribution in [2.45, 2.75) is 57.5 Å². The molecule has 1 saturated carbocycles. The molecule has 7 heteroatoms. The van der Waals surface area contributed by atoms with Crippen molar-refractivity contribution < 1.29 is 24.2 Å². The number of fused-ring (bicyclic) bond motifs is 3. The highest BCUT2D eigenvalue weighted by Crippen LogP contribution is 2.44. The van der Waals surface area contributed by atoms with Crippen molar-refractivity contribution >= 4 is 18.0 Å². The first-order valence-corrected chi connectivity index (χ1v) is 12.0. The maximum Gasteiger partial charge on any atom is 0.407 e. The van der Waals surface area contributed by atoms with Crippen LogP contribution in [-0.4, -0.2) is 41.8 Å². The number of amides is 2. The van der Waals surface area contributed by atoms with Crippen molar-refractivity contribution in [1.29, 1.82) is 0 Å². The number of benzene rings is 2. The number of nitrogens with one attached hydrogen (secondary N) is 2. The van der Waals surface area contributed by atoms with Gasteiger partial charge < -0.3 is 20.5 Å². The molecular weight excluding hydrogens is 432 g/mol. The second-order valence-electron chi connectivity index (χ2n) is 9.59. The summed E-state index contributed by atoms with van der Waals surface area (Å²) >= 11 is 0. The minimum absolute atomic E-state index is 0.0146. The van der Waals surface area contributed by atoms with Crippen LogP contribution in [0.1, 0.15) is 56.6 Å². The Balaban J connectivity index is 1.26. The van der Waals surface area contributed by atoms with Gasteiger partial charge in [0.05, 0.1) is 0 Å². The van der Waals surface area contributed by atoms with E-state index in [1.807, 2.05) is 24.3 Å². The summed E-state index contributed by atoms with van der Waals surface area (Å²) in [5, 5.41) is 14.9. The van der Waals surface area contributed by atoms with Crippen molar-refractivity contribution in [2.75, 3.05) is 6.61 Å². The number of ether oxygens (including phenoxy) is 1. The maximum atomic E-state index is 12.5. The SMILES string of the molecule is CC(C)[C@@H](NC(=O)C1CCC(NC(=O)OCC2c3ccccc3-c3ccccc32)CC1)C(=O)O. The maximum absolute atomic E-state index is 12.5. The minimum atomic E-state index is -1.02. The zero-order valence-corrected chi connectivity index (χ0v) is 19.6. The van der Waals surface area contributed by atoms with Gasteiger partial charge in [0.25, 0.3) is 0 Å². The molecule has 2 amide bonds. The van der Waals surface area contributed by atoms with Gasteiger partial charge >= 0.3 is 12.1 Å². The van der Waals surface area contributed by atoms with Crippen molar-refractivity contribution in [3.05, 3.63) is 59.7 Å². The lowest BCUT2D eigenvalue weighted by Crippen LogP contribution is -2.48. The fraction of sp³-hybridized carbons (Fsp3) is 0.444. The van der Waals surface area contributed by atoms with Crippen LogP contribution in [-0.2, 0) is 14.3 Å². The van der Waals surface area contributed by atoms with Gasteiger partial charge in [0.1, 0.15) is 12.6 Å². The Morgan fingerprint density at radius 3 is 2.03 bits per heavy atom. The summed E-state index contributed by atoms with van der Waals surface area (Å²) < 4.78 is 5.63. The third-order valence-electron chi connectivity index (χ3n) is 6.99. The summed E-state index contributed by atoms with van der Waals surface area (Å²) in [6.45, 7) is 3.81. The second-order valence-corrected chi connectivity index (χ2v) is 9.59. The van der Waals surface area contributed by atoms with Crippen molar-refractivity contribution in [1.82, 2.24) is 10.6 Å². The molecule has 0 saturated heterocycles. The predicted molar refractivity (Wildman–Crippen MR) is 128 cm³/mol. The largest absolute Gasteiger partial charge is 0.480 e. The number of rotatable bonds is 7. The Labute approximate surface area is 199 Å². The van der Waals surface area contributed by atoms with Gasteiger partial charge in [-0.05, 0) is 53.9 Å². The van der Waals surface area contributed by atoms with Crippen LogP contribution < -0.4 is 10.6 Å². The fourth-order valence-corrected chi connectivity index (χ4v) is 5.09. The van der Waals surface area contributed by atoms with Crippen molar-refractivity contribution in [3.63, 3.8) is 0 Å². The van der Waals surface area contributed by atoms with Gasteiger partial charge in [0.15, 0.2) is 0 Å². The molecule has 0 spiro atoms. The molecule has 1 atom stereocenters. The number of aliphatic carboxylic acids is 1. The topological polar surface area (TPSA) is 105 Å². The molecule has 0 unspecified atom stereocenters. The number of hydrogen-bond donors (Lipinski definition) is 3. The Kier molecular flexibility index (Phi) is 7.20. The molecule has 0 bridgehead atoms. The third kappa shape index (κ3) is 5.08. The normalized spacial score (nSPS) is 20.2. The Bertz CT molecular complexity index is 1010. The molecule has 2 aliphatic rings. The lowest BCUT2D eigenvalue weighted by Gasteiger charge is -2.29. The van der Waals surface area contributed by atoms with E-state index in [9.17, 15) is 19.5 Å². The molecule has 1 fully saturated rings. The van der Waals surface area contributed by atoms with E-state index in [0.717, 1.165) is 0 Å². The van der Waals surface area contributed by atoms with Gasteiger partial charge in [-0.25, -0.2) is 9.59 Å². The number of carboxylic acids is 1. The molecular formula is C27H32N2O5. The van der Waals surface area contributed by atoms with E-state index in [4.69, 9.17) is 4.74 Å². The Morgan fingerprint density at radius 1 is 0.941 bits per heavy atom. The van der Waals surface area contributed by atoms with E-state index >= 15 is 0 Å². The van der Waals surface area contributed by atoms with Crippen LogP contribution in [0.25, 0.3) is 11.1 Å². The van der Waals surface area contributed by atoms with Crippen LogP contribution in [0.2, 0.25) is 0 Å². The summed E-state index contributed by atoms with van der Waals surface area (Å²) in [6, 6.07) is 15.5. The summed E-state index contributed by atoms with van der Waals surface area (Å²) in [7, 11) is 0. The van der Waals surface area contributed by atoms with E-state index < -0.39 is 18.1 Å². The Morgan fingerprint density at radius 2 is 1.50 bits per heavy atom. The van der Waals surface area contributed by atoms with Gasteiger partial charge in [0.2, 0.25) is 5.91 Å². The van der Waals surface area contributed by atoms with Crippen LogP contribution in [0.15, 0.2) is 48.5 Å². The number of hydrogen-bond acceptors (Lipinski definition) is 4. The molecule has 3 N–H and O–H groups in total. The molecule has 0 aromatic heterocycles. The van der Waals surface area contributed by atoms with Crippen LogP contribution in [0, 0.1) is 11.8 Å². The summed E-state index contributed by atoms with van der Waals surface area (Å²) in [5.41, 5.74) is 4.71. The van der Waals surface area contributed by atoms with E-state index in [1.54, 1.807) is 13.8 Å². The van der Waals surface area contributed by atoms with E-state index in [2.05, 4.69) is 34.9 Å². The second kappa shape index (κ2) is 10.3. The number of carbonyl (C=O) groups excluding carboxylic acids is 2. The van der Waals surface area contributed by atoms with Crippen LogP contribution in [0.4, 0.5) is 4.79 Å². The highest BCUT2D eigenvalue weighted by Gasteiger charge is 2.32. The summed E-state index contributed by atoms with van der Waals surface area (Å²) in [6.07, 6.45) is 2.07. The molecule has 0 radical (unpaired) electrons. The molecule has 2 aromatic carbocycles. The first-order chi connectivity index (χ1) is 16.3. The molecule has 180 valence electrons. The average molecular weight is 465 g/mol. The minimum Gasteiger partial charge on any atom is -0.480 e. The molecule has 2 aromatic rings. The van der Waals surface area contributed by atoms with Gasteiger partial charge in [-0.3, -0.25) is 4.79 Å². The number of alkyl carbamates (subject to hydrolysis) is 1. The summed E-state index contributed by atoms with van der Waals surface area (Å²) in [4.78, 5) is 36.4. The number of carbonyl (C=O) groups is 3. The van der Waals surface area contributed by atoms with Gasteiger partial charge in [-0.2, -0.15) is 0 Å². The first-order valence-electron chi connectivity index (χ1n) is 12.0. The lowest BCUT2D eigenvalue weighted by molar-refractivity contribution is -0.144. The van der Waals surface area contributed by atoms with E-state index in [0.29, 0.717) is 25.7 Å². The van der Waals surface area contributed by atoms with Crippen LogP contribution in [0.5, 0.6) is 0 Å². The van der Waals surface area contributed by atoms with Crippen molar-refractivity contribution in [3.8, 4) is 11.1 Å². The average Bonchev–Trinajstić information content (AvgIpc) is 3.15. The van der Waals surface area contributed by atoms with Crippen LogP contribution >= 0.6 is 0 Å². The fourth-order valence-electron chi connectivity index (χ4n) is 5.09. The first kappa shape index (κ1) is 23.8. The zero-order valence-electron chi connectivity index (χ0n) is 19.6. The van der Waals surface area contributed by atoms with E-state index in [1.165, 1.54) is 22.3 Å².